The number of nitrogens with one attached hydrogen (secondary N) is 3. The lowest BCUT2D eigenvalue weighted by molar-refractivity contribution is -0.220. The van der Waals surface area contributed by atoms with Crippen molar-refractivity contribution in [3.05, 3.63) is 76.4 Å². The molecule has 0 aliphatic rings. The van der Waals surface area contributed by atoms with Crippen molar-refractivity contribution in [2.24, 2.45) is 16.1 Å². The molecule has 16 heteroatoms. The molecular formula is C30H36F7N5O4. The fourth-order valence-corrected chi connectivity index (χ4v) is 4.15. The summed E-state index contributed by atoms with van der Waals surface area (Å²) < 4.78 is 99.9. The molecule has 46 heavy (non-hydrogen) atoms. The topological polar surface area (TPSA) is 138 Å². The zero-order valence-electron chi connectivity index (χ0n) is 25.4. The Labute approximate surface area is 261 Å². The average Bonchev–Trinajstić information content (AvgIpc) is 2.96. The van der Waals surface area contributed by atoms with E-state index < -0.39 is 72.1 Å². The predicted molar refractivity (Wildman–Crippen MR) is 157 cm³/mol. The summed E-state index contributed by atoms with van der Waals surface area (Å²) in [5.41, 5.74) is 3.57. The van der Waals surface area contributed by atoms with Crippen LogP contribution >= 0.6 is 0 Å². The minimum atomic E-state index is -4.94. The number of carbonyl (C=O) groups excluding carboxylic acids is 2. The van der Waals surface area contributed by atoms with Crippen LogP contribution in [0.25, 0.3) is 5.70 Å². The molecule has 2 aromatic rings. The number of nitrogens with two attached hydrogens (primary N) is 1. The number of aliphatic imine (C=N–C) groups is 1. The maximum atomic E-state index is 14.8. The summed E-state index contributed by atoms with van der Waals surface area (Å²) in [4.78, 5) is 27.9. The van der Waals surface area contributed by atoms with Gasteiger partial charge in [0.15, 0.2) is 0 Å². The molecule has 9 nitrogen and oxygen atoms in total. The van der Waals surface area contributed by atoms with E-state index in [1.165, 1.54) is 0 Å². The predicted octanol–water partition coefficient (Wildman–Crippen LogP) is 4.36. The van der Waals surface area contributed by atoms with Gasteiger partial charge in [0.05, 0.1) is 24.7 Å². The number of aryl methyl sites for hydroxylation is 1. The number of allylic oxidation sites excluding steroid dienone is 1. The van der Waals surface area contributed by atoms with Crippen molar-refractivity contribution in [3.63, 3.8) is 0 Å². The van der Waals surface area contributed by atoms with Crippen LogP contribution in [-0.4, -0.2) is 67.9 Å². The summed E-state index contributed by atoms with van der Waals surface area (Å²) >= 11 is 0. The summed E-state index contributed by atoms with van der Waals surface area (Å²) in [6.07, 6.45) is -6.16. The Balaban J connectivity index is 2.27. The minimum Gasteiger partial charge on any atom is -0.453 e. The Kier molecular flexibility index (Phi) is 13.6. The summed E-state index contributed by atoms with van der Waals surface area (Å²) in [6.45, 7) is -0.590. The zero-order chi connectivity index (χ0) is 34.8. The molecule has 2 aromatic carbocycles. The largest absolute Gasteiger partial charge is 0.453 e. The fourth-order valence-electron chi connectivity index (χ4n) is 4.15. The van der Waals surface area contributed by atoms with Crippen LogP contribution < -0.4 is 21.7 Å². The van der Waals surface area contributed by atoms with Crippen molar-refractivity contribution in [1.29, 1.82) is 0 Å². The van der Waals surface area contributed by atoms with Gasteiger partial charge in [-0.05, 0) is 51.0 Å². The smallest absolute Gasteiger partial charge is 0.407 e. The standard InChI is InChI=1S/C30H36F7N5O4/c1-16-5-7-17(8-6-16)11-23(41-26(44)25(42-28(45)46-4)29(2,3)30(35,36)37)24(43)15-39-14-19-20(31)12-18(13-21(19)32)22(38)9-10-40-27(33)34/h5-10,12-13,23-25,27,39,43H,11,14-15,38H2,1-4H3,(H,41,44)(H,42,45)/t23-,24-,25+/m0/s1. The highest BCUT2D eigenvalue weighted by Gasteiger charge is 2.56. The van der Waals surface area contributed by atoms with Crippen molar-refractivity contribution >= 4 is 23.9 Å². The molecule has 2 amide bonds. The number of hydrogen-bond acceptors (Lipinski definition) is 7. The van der Waals surface area contributed by atoms with E-state index in [0.29, 0.717) is 11.8 Å². The molecule has 0 saturated heterocycles. The van der Waals surface area contributed by atoms with Gasteiger partial charge in [-0.2, -0.15) is 22.0 Å². The van der Waals surface area contributed by atoms with Crippen LogP contribution in [0.5, 0.6) is 0 Å². The lowest BCUT2D eigenvalue weighted by atomic mass is 9.82. The first-order chi connectivity index (χ1) is 21.4. The fraction of sp³-hybridized carbons (Fsp3) is 0.433. The Morgan fingerprint density at radius 2 is 1.65 bits per heavy atom. The maximum absolute atomic E-state index is 14.8. The minimum absolute atomic E-state index is 0.0653. The summed E-state index contributed by atoms with van der Waals surface area (Å²) in [5, 5.41) is 17.9. The number of aliphatic hydroxyl groups is 1. The number of hydrogen-bond donors (Lipinski definition) is 5. The Bertz CT molecular complexity index is 1380. The number of halogens is 7. The highest BCUT2D eigenvalue weighted by Crippen LogP contribution is 2.40. The van der Waals surface area contributed by atoms with Crippen LogP contribution in [0.2, 0.25) is 0 Å². The van der Waals surface area contributed by atoms with Gasteiger partial charge in [-0.3, -0.25) is 4.79 Å². The first-order valence-corrected chi connectivity index (χ1v) is 13.8. The van der Waals surface area contributed by atoms with Gasteiger partial charge in [-0.1, -0.05) is 29.8 Å². The number of methoxy groups -OCH3 is 1. The van der Waals surface area contributed by atoms with Crippen molar-refractivity contribution < 1.29 is 50.2 Å². The average molecular weight is 664 g/mol. The molecule has 0 bridgehead atoms. The van der Waals surface area contributed by atoms with Gasteiger partial charge in [0, 0.05) is 36.1 Å². The Morgan fingerprint density at radius 1 is 1.07 bits per heavy atom. The second-order valence-corrected chi connectivity index (χ2v) is 10.9. The van der Waals surface area contributed by atoms with Crippen LogP contribution in [0, 0.1) is 24.0 Å². The molecule has 0 aliphatic heterocycles. The quantitative estimate of drug-likeness (QED) is 0.116. The summed E-state index contributed by atoms with van der Waals surface area (Å²) in [5.74, 6) is -3.36. The van der Waals surface area contributed by atoms with E-state index in [1.54, 1.807) is 24.3 Å². The van der Waals surface area contributed by atoms with E-state index in [1.807, 2.05) is 12.2 Å². The molecule has 2 rings (SSSR count). The van der Waals surface area contributed by atoms with E-state index in [2.05, 4.69) is 20.4 Å². The monoisotopic (exact) mass is 663 g/mol. The lowest BCUT2D eigenvalue weighted by Gasteiger charge is -2.36. The number of alkyl halides is 5. The summed E-state index contributed by atoms with van der Waals surface area (Å²) in [7, 11) is 0.914. The number of amides is 2. The third kappa shape index (κ3) is 10.7. The van der Waals surface area contributed by atoms with Gasteiger partial charge in [-0.15, -0.1) is 0 Å². The number of nitrogens with zero attached hydrogens (tertiary/aromatic N) is 1. The molecule has 0 aliphatic carbocycles. The number of aliphatic hydroxyl groups excluding tert-OH is 1. The summed E-state index contributed by atoms with van der Waals surface area (Å²) in [6, 6.07) is 5.21. The van der Waals surface area contributed by atoms with Gasteiger partial charge in [0.25, 0.3) is 0 Å². The normalized spacial score (nSPS) is 14.7. The van der Waals surface area contributed by atoms with Gasteiger partial charge in [0.1, 0.15) is 17.7 Å². The van der Waals surface area contributed by atoms with Crippen LogP contribution in [-0.2, 0) is 22.5 Å². The third-order valence-electron chi connectivity index (χ3n) is 7.11. The molecule has 254 valence electrons. The third-order valence-corrected chi connectivity index (χ3v) is 7.11. The second-order valence-electron chi connectivity index (χ2n) is 10.9. The molecule has 6 N–H and O–H groups in total. The maximum Gasteiger partial charge on any atom is 0.407 e. The Hall–Kier alpha value is -4.18. The van der Waals surface area contributed by atoms with Gasteiger partial charge in [0.2, 0.25) is 5.91 Å². The van der Waals surface area contributed by atoms with Crippen molar-refractivity contribution in [2.75, 3.05) is 13.7 Å². The molecule has 0 spiro atoms. The van der Waals surface area contributed by atoms with E-state index in [4.69, 9.17) is 5.73 Å². The Morgan fingerprint density at radius 3 is 2.17 bits per heavy atom. The van der Waals surface area contributed by atoms with Gasteiger partial charge >= 0.3 is 18.8 Å². The first-order valence-electron chi connectivity index (χ1n) is 13.8. The molecule has 0 fully saturated rings. The van der Waals surface area contributed by atoms with E-state index >= 15 is 0 Å². The number of alkyl carbamates (subject to hydrolysis) is 1. The van der Waals surface area contributed by atoms with Crippen molar-refractivity contribution in [2.45, 2.75) is 64.7 Å². The van der Waals surface area contributed by atoms with Gasteiger partial charge < -0.3 is 31.5 Å². The second kappa shape index (κ2) is 16.4. The first kappa shape index (κ1) is 38.0. The number of benzene rings is 2. The molecular weight excluding hydrogens is 627 g/mol. The van der Waals surface area contributed by atoms with Crippen LogP contribution in [0.3, 0.4) is 0 Å². The number of carbonyl (C=O) groups is 2. The van der Waals surface area contributed by atoms with E-state index in [9.17, 15) is 45.4 Å². The van der Waals surface area contributed by atoms with Crippen molar-refractivity contribution in [1.82, 2.24) is 16.0 Å². The van der Waals surface area contributed by atoms with E-state index in [-0.39, 0.29) is 24.2 Å². The zero-order valence-corrected chi connectivity index (χ0v) is 25.4. The highest BCUT2D eigenvalue weighted by atomic mass is 19.4. The van der Waals surface area contributed by atoms with Crippen LogP contribution in [0.15, 0.2) is 47.5 Å². The van der Waals surface area contributed by atoms with Crippen LogP contribution in [0.4, 0.5) is 35.5 Å². The number of ether oxygens (including phenoxy) is 1. The van der Waals surface area contributed by atoms with Gasteiger partial charge in [-0.25, -0.2) is 18.6 Å². The molecule has 0 aromatic heterocycles. The molecule has 3 atom stereocenters. The number of rotatable bonds is 14. The lowest BCUT2D eigenvalue weighted by Crippen LogP contribution is -2.62. The molecule has 0 saturated carbocycles. The molecule has 0 unspecified atom stereocenters. The highest BCUT2D eigenvalue weighted by molar-refractivity contribution is 5.87. The molecule has 0 radical (unpaired) electrons. The van der Waals surface area contributed by atoms with E-state index in [0.717, 1.165) is 44.7 Å². The SMILES string of the molecule is COC(=O)N[C@H](C(=O)N[C@@H](Cc1ccc(C)cc1)[C@@H](O)CNCc1c(F)cc(C(N)=CC=NC(F)F)cc1F)C(C)(C)C(F)(F)F. The van der Waals surface area contributed by atoms with Crippen LogP contribution in [0.1, 0.15) is 36.1 Å². The molecule has 0 heterocycles. The van der Waals surface area contributed by atoms with Crippen molar-refractivity contribution in [3.8, 4) is 0 Å².